The van der Waals surface area contributed by atoms with E-state index in [1.807, 2.05) is 6.92 Å². The number of carboxylic acid groups (broad SMARTS) is 1. The van der Waals surface area contributed by atoms with E-state index in [-0.39, 0.29) is 28.8 Å². The number of amides is 1. The lowest BCUT2D eigenvalue weighted by Gasteiger charge is -2.19. The second kappa shape index (κ2) is 10.1. The van der Waals surface area contributed by atoms with Crippen LogP contribution in [-0.2, 0) is 9.59 Å². The summed E-state index contributed by atoms with van der Waals surface area (Å²) in [4.78, 5) is 33.3. The van der Waals surface area contributed by atoms with Gasteiger partial charge in [0.15, 0.2) is 0 Å². The molecule has 0 heterocycles. The molecule has 1 aromatic rings. The monoisotopic (exact) mass is 379 g/mol. The van der Waals surface area contributed by atoms with Crippen LogP contribution in [0.5, 0.6) is 0 Å². The van der Waals surface area contributed by atoms with Gasteiger partial charge in [-0.3, -0.25) is 25.0 Å². The van der Waals surface area contributed by atoms with Crippen LogP contribution in [0.2, 0.25) is 5.02 Å². The molecule has 134 valence electrons. The Labute approximate surface area is 150 Å². The first-order chi connectivity index (χ1) is 10.8. The zero-order valence-electron chi connectivity index (χ0n) is 13.1. The third kappa shape index (κ3) is 6.31. The molecule has 0 fully saturated rings. The molecule has 2 unspecified atom stereocenters. The molecule has 0 saturated carbocycles. The van der Waals surface area contributed by atoms with Gasteiger partial charge < -0.3 is 10.4 Å². The van der Waals surface area contributed by atoms with Gasteiger partial charge >= 0.3 is 5.97 Å². The van der Waals surface area contributed by atoms with Crippen LogP contribution in [0.25, 0.3) is 0 Å². The lowest BCUT2D eigenvalue weighted by Crippen LogP contribution is -2.47. The second-order valence-corrected chi connectivity index (χ2v) is 5.39. The van der Waals surface area contributed by atoms with E-state index >= 15 is 0 Å². The van der Waals surface area contributed by atoms with Crippen molar-refractivity contribution in [3.63, 3.8) is 0 Å². The van der Waals surface area contributed by atoms with Gasteiger partial charge in [-0.15, -0.1) is 12.4 Å². The summed E-state index contributed by atoms with van der Waals surface area (Å²) < 4.78 is 0. The van der Waals surface area contributed by atoms with E-state index in [4.69, 9.17) is 16.7 Å². The van der Waals surface area contributed by atoms with E-state index in [1.165, 1.54) is 19.1 Å². The molecule has 2 atom stereocenters. The minimum Gasteiger partial charge on any atom is -0.480 e. The van der Waals surface area contributed by atoms with Crippen molar-refractivity contribution in [2.24, 2.45) is 0 Å². The van der Waals surface area contributed by atoms with Crippen LogP contribution in [0.15, 0.2) is 18.2 Å². The molecule has 8 nitrogen and oxygen atoms in total. The van der Waals surface area contributed by atoms with E-state index in [9.17, 15) is 19.7 Å². The standard InChI is InChI=1S/C14H18ClN3O5.ClH/c1-3-4-11(14(20)21)16-8(2)13(19)17-12-7-9(18(22)23)5-6-10(12)15;/h5-8,11,16H,3-4H2,1-2H3,(H,17,19)(H,20,21);1H. The minimum absolute atomic E-state index is 0. The molecule has 0 saturated heterocycles. The van der Waals surface area contributed by atoms with Gasteiger partial charge in [0.25, 0.3) is 5.69 Å². The topological polar surface area (TPSA) is 122 Å². The van der Waals surface area contributed by atoms with Crippen LogP contribution in [0.1, 0.15) is 26.7 Å². The highest BCUT2D eigenvalue weighted by molar-refractivity contribution is 6.33. The highest BCUT2D eigenvalue weighted by atomic mass is 35.5. The lowest BCUT2D eigenvalue weighted by molar-refractivity contribution is -0.384. The third-order valence-electron chi connectivity index (χ3n) is 3.14. The van der Waals surface area contributed by atoms with Crippen molar-refractivity contribution >= 4 is 47.3 Å². The zero-order valence-corrected chi connectivity index (χ0v) is 14.7. The maximum absolute atomic E-state index is 12.1. The molecule has 0 radical (unpaired) electrons. The molecule has 1 aromatic carbocycles. The van der Waals surface area contributed by atoms with Crippen molar-refractivity contribution in [3.8, 4) is 0 Å². The van der Waals surface area contributed by atoms with Crippen molar-refractivity contribution in [1.82, 2.24) is 5.32 Å². The number of hydrogen-bond donors (Lipinski definition) is 3. The van der Waals surface area contributed by atoms with Crippen molar-refractivity contribution in [2.45, 2.75) is 38.8 Å². The second-order valence-electron chi connectivity index (χ2n) is 4.98. The molecule has 0 aromatic heterocycles. The van der Waals surface area contributed by atoms with Crippen molar-refractivity contribution in [3.05, 3.63) is 33.3 Å². The van der Waals surface area contributed by atoms with Crippen LogP contribution in [0.4, 0.5) is 11.4 Å². The molecule has 0 aliphatic heterocycles. The fourth-order valence-electron chi connectivity index (χ4n) is 1.91. The maximum atomic E-state index is 12.1. The molecule has 0 aliphatic carbocycles. The van der Waals surface area contributed by atoms with Gasteiger partial charge in [-0.25, -0.2) is 0 Å². The quantitative estimate of drug-likeness (QED) is 0.471. The van der Waals surface area contributed by atoms with Gasteiger partial charge in [-0.05, 0) is 19.4 Å². The van der Waals surface area contributed by atoms with Crippen LogP contribution < -0.4 is 10.6 Å². The Morgan fingerprint density at radius 2 is 2.04 bits per heavy atom. The number of non-ortho nitro benzene ring substituents is 1. The van der Waals surface area contributed by atoms with Crippen molar-refractivity contribution in [1.29, 1.82) is 0 Å². The Bertz CT molecular complexity index is 612. The fourth-order valence-corrected chi connectivity index (χ4v) is 2.07. The van der Waals surface area contributed by atoms with Gasteiger partial charge in [-0.1, -0.05) is 24.9 Å². The number of aliphatic carboxylic acids is 1. The van der Waals surface area contributed by atoms with Gasteiger partial charge in [0.1, 0.15) is 6.04 Å². The summed E-state index contributed by atoms with van der Waals surface area (Å²) in [6, 6.07) is 2.03. The lowest BCUT2D eigenvalue weighted by atomic mass is 10.1. The number of benzene rings is 1. The van der Waals surface area contributed by atoms with E-state index in [0.717, 1.165) is 6.07 Å². The molecule has 0 spiro atoms. The highest BCUT2D eigenvalue weighted by Crippen LogP contribution is 2.26. The Morgan fingerprint density at radius 3 is 2.54 bits per heavy atom. The largest absolute Gasteiger partial charge is 0.480 e. The Kier molecular flexibility index (Phi) is 9.27. The summed E-state index contributed by atoms with van der Waals surface area (Å²) in [7, 11) is 0. The van der Waals surface area contributed by atoms with E-state index in [1.54, 1.807) is 0 Å². The Morgan fingerprint density at radius 1 is 1.42 bits per heavy atom. The number of hydrogen-bond acceptors (Lipinski definition) is 5. The summed E-state index contributed by atoms with van der Waals surface area (Å²) >= 11 is 5.90. The van der Waals surface area contributed by atoms with Crippen molar-refractivity contribution < 1.29 is 19.6 Å². The van der Waals surface area contributed by atoms with E-state index in [0.29, 0.717) is 12.8 Å². The van der Waals surface area contributed by atoms with Crippen molar-refractivity contribution in [2.75, 3.05) is 5.32 Å². The molecule has 0 bridgehead atoms. The highest BCUT2D eigenvalue weighted by Gasteiger charge is 2.23. The predicted molar refractivity (Wildman–Crippen MR) is 92.9 cm³/mol. The number of carboxylic acids is 1. The van der Waals surface area contributed by atoms with Gasteiger partial charge in [0.2, 0.25) is 5.91 Å². The van der Waals surface area contributed by atoms with Crippen LogP contribution in [0.3, 0.4) is 0 Å². The first-order valence-electron chi connectivity index (χ1n) is 7.00. The summed E-state index contributed by atoms with van der Waals surface area (Å²) in [6.07, 6.45) is 1.03. The third-order valence-corrected chi connectivity index (χ3v) is 3.47. The van der Waals surface area contributed by atoms with Crippen LogP contribution >= 0.6 is 24.0 Å². The van der Waals surface area contributed by atoms with E-state index < -0.39 is 28.9 Å². The number of rotatable bonds is 8. The molecule has 1 rings (SSSR count). The average molecular weight is 380 g/mol. The van der Waals surface area contributed by atoms with Crippen LogP contribution in [0, 0.1) is 10.1 Å². The first-order valence-corrected chi connectivity index (χ1v) is 7.37. The van der Waals surface area contributed by atoms with Gasteiger partial charge in [0.05, 0.1) is 21.7 Å². The molecule has 0 aliphatic rings. The number of nitrogens with zero attached hydrogens (tertiary/aromatic N) is 1. The fraction of sp³-hybridized carbons (Fsp3) is 0.429. The number of carbonyl (C=O) groups excluding carboxylic acids is 1. The average Bonchev–Trinajstić information content (AvgIpc) is 2.48. The molecular formula is C14H19Cl2N3O5. The summed E-state index contributed by atoms with van der Waals surface area (Å²) in [6.45, 7) is 3.34. The van der Waals surface area contributed by atoms with Gasteiger partial charge in [-0.2, -0.15) is 0 Å². The maximum Gasteiger partial charge on any atom is 0.320 e. The normalized spacial score (nSPS) is 12.6. The number of nitro groups is 1. The predicted octanol–water partition coefficient (Wildman–Crippen LogP) is 2.84. The van der Waals surface area contributed by atoms with Crippen LogP contribution in [-0.4, -0.2) is 34.0 Å². The number of halogens is 2. The molecule has 3 N–H and O–H groups in total. The summed E-state index contributed by atoms with van der Waals surface area (Å²) in [5.74, 6) is -1.57. The number of carbonyl (C=O) groups is 2. The smallest absolute Gasteiger partial charge is 0.320 e. The zero-order chi connectivity index (χ0) is 17.6. The molecule has 24 heavy (non-hydrogen) atoms. The Balaban J connectivity index is 0.00000529. The molecule has 1 amide bonds. The number of nitrogens with one attached hydrogen (secondary N) is 2. The number of nitro benzene ring substituents is 1. The SMILES string of the molecule is CCCC(NC(C)C(=O)Nc1cc([N+](=O)[O-])ccc1Cl)C(=O)O.Cl. The minimum atomic E-state index is -1.04. The molecule has 10 heteroatoms. The van der Waals surface area contributed by atoms with Gasteiger partial charge in [0, 0.05) is 12.1 Å². The first kappa shape index (κ1) is 22.1. The summed E-state index contributed by atoms with van der Waals surface area (Å²) in [5, 5.41) is 25.1. The molecular weight excluding hydrogens is 361 g/mol. The Hall–Kier alpha value is -1.90. The summed E-state index contributed by atoms with van der Waals surface area (Å²) in [5.41, 5.74) is -0.110. The number of anilines is 1. The van der Waals surface area contributed by atoms with E-state index in [2.05, 4.69) is 10.6 Å².